The molecule has 2 rings (SSSR count). The number of hydrogen-bond donors (Lipinski definition) is 1. The highest BCUT2D eigenvalue weighted by atomic mass is 35.5. The fourth-order valence-electron chi connectivity index (χ4n) is 2.05. The van der Waals surface area contributed by atoms with E-state index < -0.39 is 0 Å². The molecule has 1 N–H and O–H groups in total. The summed E-state index contributed by atoms with van der Waals surface area (Å²) in [5.74, 6) is -0.0665. The molecule has 0 bridgehead atoms. The van der Waals surface area contributed by atoms with Gasteiger partial charge < -0.3 is 5.32 Å². The van der Waals surface area contributed by atoms with Crippen LogP contribution in [0.2, 0.25) is 0 Å². The Labute approximate surface area is 100.0 Å². The van der Waals surface area contributed by atoms with Crippen molar-refractivity contribution in [1.29, 1.82) is 0 Å². The summed E-state index contributed by atoms with van der Waals surface area (Å²) < 4.78 is 1.70. The Hall–Kier alpha value is -1.03. The van der Waals surface area contributed by atoms with Gasteiger partial charge >= 0.3 is 0 Å². The van der Waals surface area contributed by atoms with Gasteiger partial charge in [-0.3, -0.25) is 9.48 Å². The van der Waals surface area contributed by atoms with Crippen LogP contribution in [-0.4, -0.2) is 27.1 Å². The average molecular weight is 242 g/mol. The third-order valence-corrected chi connectivity index (χ3v) is 3.75. The van der Waals surface area contributed by atoms with Crippen molar-refractivity contribution in [3.8, 4) is 0 Å². The molecule has 2 unspecified atom stereocenters. The summed E-state index contributed by atoms with van der Waals surface area (Å²) in [5.41, 5.74) is 1.51. The first-order chi connectivity index (χ1) is 7.59. The SMILES string of the molecule is Cc1c(C(=O)NC2CCCC2Cl)cnn1C. The van der Waals surface area contributed by atoms with Crippen molar-refractivity contribution in [3.05, 3.63) is 17.5 Å². The Bertz CT molecular complexity index is 402. The smallest absolute Gasteiger partial charge is 0.255 e. The summed E-state index contributed by atoms with van der Waals surface area (Å²) in [6.07, 6.45) is 4.64. The van der Waals surface area contributed by atoms with E-state index in [1.165, 1.54) is 0 Å². The standard InChI is InChI=1S/C11H16ClN3O/c1-7-8(6-13-15(7)2)11(16)14-10-5-3-4-9(10)12/h6,9-10H,3-5H2,1-2H3,(H,14,16). The number of aromatic nitrogens is 2. The van der Waals surface area contributed by atoms with Crippen molar-refractivity contribution in [3.63, 3.8) is 0 Å². The lowest BCUT2D eigenvalue weighted by molar-refractivity contribution is 0.0937. The molecule has 0 radical (unpaired) electrons. The molecular weight excluding hydrogens is 226 g/mol. The topological polar surface area (TPSA) is 46.9 Å². The van der Waals surface area contributed by atoms with Crippen LogP contribution in [0.3, 0.4) is 0 Å². The maximum Gasteiger partial charge on any atom is 0.255 e. The van der Waals surface area contributed by atoms with Crippen LogP contribution >= 0.6 is 11.6 Å². The summed E-state index contributed by atoms with van der Waals surface area (Å²) in [6, 6.07) is 0.105. The Morgan fingerprint density at radius 2 is 2.38 bits per heavy atom. The van der Waals surface area contributed by atoms with Gasteiger partial charge in [-0.2, -0.15) is 5.10 Å². The maximum atomic E-state index is 12.0. The van der Waals surface area contributed by atoms with Crippen LogP contribution in [0.5, 0.6) is 0 Å². The minimum Gasteiger partial charge on any atom is -0.348 e. The summed E-state index contributed by atoms with van der Waals surface area (Å²) >= 11 is 6.12. The minimum atomic E-state index is -0.0665. The van der Waals surface area contributed by atoms with E-state index in [4.69, 9.17) is 11.6 Å². The highest BCUT2D eigenvalue weighted by Gasteiger charge is 2.27. The van der Waals surface area contributed by atoms with Gasteiger partial charge in [0, 0.05) is 18.8 Å². The first-order valence-corrected chi connectivity index (χ1v) is 5.96. The number of carbonyl (C=O) groups is 1. The number of aryl methyl sites for hydroxylation is 1. The van der Waals surface area contributed by atoms with E-state index in [2.05, 4.69) is 10.4 Å². The van der Waals surface area contributed by atoms with Gasteiger partial charge in [0.15, 0.2) is 0 Å². The second kappa shape index (κ2) is 4.45. The van der Waals surface area contributed by atoms with E-state index in [1.807, 2.05) is 14.0 Å². The van der Waals surface area contributed by atoms with E-state index in [-0.39, 0.29) is 17.3 Å². The third kappa shape index (κ3) is 2.07. The fourth-order valence-corrected chi connectivity index (χ4v) is 2.39. The van der Waals surface area contributed by atoms with Crippen molar-refractivity contribution in [1.82, 2.24) is 15.1 Å². The zero-order chi connectivity index (χ0) is 11.7. The molecule has 2 atom stereocenters. The molecule has 1 fully saturated rings. The monoisotopic (exact) mass is 241 g/mol. The molecule has 0 saturated heterocycles. The number of nitrogens with one attached hydrogen (secondary N) is 1. The second-order valence-electron chi connectivity index (χ2n) is 4.29. The zero-order valence-corrected chi connectivity index (χ0v) is 10.3. The first kappa shape index (κ1) is 11.5. The molecule has 1 aliphatic carbocycles. The maximum absolute atomic E-state index is 12.0. The summed E-state index contributed by atoms with van der Waals surface area (Å²) in [6.45, 7) is 1.88. The van der Waals surface area contributed by atoms with Crippen molar-refractivity contribution < 1.29 is 4.79 Å². The first-order valence-electron chi connectivity index (χ1n) is 5.53. The van der Waals surface area contributed by atoms with Crippen molar-refractivity contribution >= 4 is 17.5 Å². The van der Waals surface area contributed by atoms with Gasteiger partial charge in [-0.25, -0.2) is 0 Å². The predicted molar refractivity (Wildman–Crippen MR) is 62.7 cm³/mol. The Morgan fingerprint density at radius 3 is 2.88 bits per heavy atom. The predicted octanol–water partition coefficient (Wildman–Crippen LogP) is 1.62. The quantitative estimate of drug-likeness (QED) is 0.800. The molecule has 1 saturated carbocycles. The van der Waals surface area contributed by atoms with Gasteiger partial charge in [0.05, 0.1) is 17.1 Å². The lowest BCUT2D eigenvalue weighted by Crippen LogP contribution is -2.38. The average Bonchev–Trinajstić information content (AvgIpc) is 2.77. The van der Waals surface area contributed by atoms with Gasteiger partial charge in [0.2, 0.25) is 0 Å². The molecule has 1 aromatic heterocycles. The highest BCUT2D eigenvalue weighted by Crippen LogP contribution is 2.24. The second-order valence-corrected chi connectivity index (χ2v) is 4.85. The van der Waals surface area contributed by atoms with Crippen molar-refractivity contribution in [2.75, 3.05) is 0 Å². The van der Waals surface area contributed by atoms with Gasteiger partial charge in [0.1, 0.15) is 0 Å². The van der Waals surface area contributed by atoms with Gasteiger partial charge in [0.25, 0.3) is 5.91 Å². The van der Waals surface area contributed by atoms with E-state index in [9.17, 15) is 4.79 Å². The lowest BCUT2D eigenvalue weighted by atomic mass is 10.2. The number of amides is 1. The Balaban J connectivity index is 2.06. The molecule has 16 heavy (non-hydrogen) atoms. The normalized spacial score (nSPS) is 24.7. The molecule has 1 aliphatic rings. The molecule has 1 aromatic rings. The Morgan fingerprint density at radius 1 is 1.62 bits per heavy atom. The molecule has 1 amide bonds. The number of hydrogen-bond acceptors (Lipinski definition) is 2. The molecule has 4 nitrogen and oxygen atoms in total. The third-order valence-electron chi connectivity index (χ3n) is 3.23. The van der Waals surface area contributed by atoms with Crippen LogP contribution in [0.1, 0.15) is 35.3 Å². The molecule has 88 valence electrons. The van der Waals surface area contributed by atoms with Gasteiger partial charge in [-0.05, 0) is 26.2 Å². The number of rotatable bonds is 2. The van der Waals surface area contributed by atoms with Crippen molar-refractivity contribution in [2.45, 2.75) is 37.6 Å². The van der Waals surface area contributed by atoms with Crippen molar-refractivity contribution in [2.24, 2.45) is 7.05 Å². The number of alkyl halides is 1. The van der Waals surface area contributed by atoms with E-state index >= 15 is 0 Å². The van der Waals surface area contributed by atoms with Crippen LogP contribution in [0, 0.1) is 6.92 Å². The minimum absolute atomic E-state index is 0.0665. The van der Waals surface area contributed by atoms with Gasteiger partial charge in [-0.15, -0.1) is 11.6 Å². The number of halogens is 1. The van der Waals surface area contributed by atoms with E-state index in [0.717, 1.165) is 25.0 Å². The molecule has 1 heterocycles. The Kier molecular flexibility index (Phi) is 3.19. The molecule has 0 aliphatic heterocycles. The van der Waals surface area contributed by atoms with Crippen LogP contribution < -0.4 is 5.32 Å². The molecule has 0 aromatic carbocycles. The van der Waals surface area contributed by atoms with Crippen LogP contribution in [0.4, 0.5) is 0 Å². The van der Waals surface area contributed by atoms with Crippen LogP contribution in [-0.2, 0) is 7.05 Å². The van der Waals surface area contributed by atoms with E-state index in [0.29, 0.717) is 5.56 Å². The molecule has 0 spiro atoms. The van der Waals surface area contributed by atoms with Crippen LogP contribution in [0.25, 0.3) is 0 Å². The largest absolute Gasteiger partial charge is 0.348 e. The zero-order valence-electron chi connectivity index (χ0n) is 9.53. The summed E-state index contributed by atoms with van der Waals surface area (Å²) in [7, 11) is 1.83. The summed E-state index contributed by atoms with van der Waals surface area (Å²) in [5, 5.41) is 7.10. The molecule has 5 heteroatoms. The highest BCUT2D eigenvalue weighted by molar-refractivity contribution is 6.21. The van der Waals surface area contributed by atoms with Crippen LogP contribution in [0.15, 0.2) is 6.20 Å². The molecular formula is C11H16ClN3O. The van der Waals surface area contributed by atoms with Gasteiger partial charge in [-0.1, -0.05) is 0 Å². The van der Waals surface area contributed by atoms with E-state index in [1.54, 1.807) is 10.9 Å². The summed E-state index contributed by atoms with van der Waals surface area (Å²) in [4.78, 5) is 12.0. The number of nitrogens with zero attached hydrogens (tertiary/aromatic N) is 2. The lowest BCUT2D eigenvalue weighted by Gasteiger charge is -2.15. The fraction of sp³-hybridized carbons (Fsp3) is 0.636. The number of carbonyl (C=O) groups excluding carboxylic acids is 1.